The van der Waals surface area contributed by atoms with E-state index in [4.69, 9.17) is 5.73 Å². The van der Waals surface area contributed by atoms with E-state index in [2.05, 4.69) is 23.7 Å². The van der Waals surface area contributed by atoms with Gasteiger partial charge in [0.2, 0.25) is 0 Å². The van der Waals surface area contributed by atoms with Crippen LogP contribution in [0.15, 0.2) is 11.4 Å². The van der Waals surface area contributed by atoms with Crippen LogP contribution < -0.4 is 5.73 Å². The first kappa shape index (κ1) is 15.1. The number of hydrogen-bond donors (Lipinski definition) is 1. The van der Waals surface area contributed by atoms with Crippen LogP contribution in [-0.2, 0) is 0 Å². The van der Waals surface area contributed by atoms with Gasteiger partial charge in [-0.05, 0) is 30.7 Å². The molecule has 1 aliphatic rings. The molecule has 0 saturated carbocycles. The molecule has 2 heterocycles. The molecule has 0 bridgehead atoms. The van der Waals surface area contributed by atoms with E-state index in [1.807, 2.05) is 11.4 Å². The van der Waals surface area contributed by atoms with Gasteiger partial charge in [-0.15, -0.1) is 11.3 Å². The van der Waals surface area contributed by atoms with Gasteiger partial charge in [0.25, 0.3) is 5.91 Å². The van der Waals surface area contributed by atoms with Crippen molar-refractivity contribution < 1.29 is 4.79 Å². The summed E-state index contributed by atoms with van der Waals surface area (Å²) in [5.74, 6) is 6.00. The first-order chi connectivity index (χ1) is 9.77. The van der Waals surface area contributed by atoms with Gasteiger partial charge in [-0.2, -0.15) is 0 Å². The zero-order chi connectivity index (χ0) is 14.4. The Bertz CT molecular complexity index is 512. The van der Waals surface area contributed by atoms with Crippen molar-refractivity contribution in [1.29, 1.82) is 0 Å². The number of thiophene rings is 1. The molecule has 0 aromatic carbocycles. The van der Waals surface area contributed by atoms with Crippen LogP contribution in [0.1, 0.15) is 54.3 Å². The van der Waals surface area contributed by atoms with Crippen molar-refractivity contribution >= 4 is 17.2 Å². The molecule has 1 amide bonds. The molecule has 2 rings (SSSR count). The maximum atomic E-state index is 12.8. The minimum absolute atomic E-state index is 0.148. The minimum Gasteiger partial charge on any atom is -0.335 e. The first-order valence-corrected chi connectivity index (χ1v) is 8.23. The average molecular weight is 290 g/mol. The van der Waals surface area contributed by atoms with Gasteiger partial charge < -0.3 is 10.6 Å². The summed E-state index contributed by atoms with van der Waals surface area (Å²) in [6.45, 7) is 3.36. The number of carbonyl (C=O) groups is 1. The van der Waals surface area contributed by atoms with Crippen molar-refractivity contribution in [2.75, 3.05) is 13.1 Å². The molecule has 1 aromatic rings. The van der Waals surface area contributed by atoms with Crippen molar-refractivity contribution in [2.45, 2.75) is 45.1 Å². The van der Waals surface area contributed by atoms with E-state index in [0.29, 0.717) is 12.6 Å². The Hall–Kier alpha value is -1.31. The standard InChI is InChI=1S/C16H22N2OS/c1-2-14-8-4-3-5-11-18(14)16(19)15-13(7-6-10-17)9-12-20-15/h9,12,14H,2-5,8,10-11,17H2,1H3. The van der Waals surface area contributed by atoms with E-state index < -0.39 is 0 Å². The van der Waals surface area contributed by atoms with E-state index in [-0.39, 0.29) is 5.91 Å². The summed E-state index contributed by atoms with van der Waals surface area (Å²) in [5.41, 5.74) is 6.24. The van der Waals surface area contributed by atoms with Gasteiger partial charge in [-0.3, -0.25) is 4.79 Å². The first-order valence-electron chi connectivity index (χ1n) is 7.35. The smallest absolute Gasteiger partial charge is 0.265 e. The molecule has 1 fully saturated rings. The van der Waals surface area contributed by atoms with Crippen molar-refractivity contribution in [3.63, 3.8) is 0 Å². The molecular formula is C16H22N2OS. The molecule has 20 heavy (non-hydrogen) atoms. The second kappa shape index (κ2) is 7.47. The van der Waals surface area contributed by atoms with Crippen LogP contribution in [0.5, 0.6) is 0 Å². The normalized spacial score (nSPS) is 19.1. The molecule has 3 nitrogen and oxygen atoms in total. The van der Waals surface area contributed by atoms with Gasteiger partial charge in [-0.1, -0.05) is 31.6 Å². The summed E-state index contributed by atoms with van der Waals surface area (Å²) in [6, 6.07) is 2.29. The molecular weight excluding hydrogens is 268 g/mol. The SMILES string of the molecule is CCC1CCCCCN1C(=O)c1sccc1C#CCN. The van der Waals surface area contributed by atoms with Crippen LogP contribution in [-0.4, -0.2) is 29.9 Å². The number of hydrogen-bond acceptors (Lipinski definition) is 3. The summed E-state index contributed by atoms with van der Waals surface area (Å²) in [5, 5.41) is 1.94. The van der Waals surface area contributed by atoms with Crippen molar-refractivity contribution in [3.8, 4) is 11.8 Å². The van der Waals surface area contributed by atoms with Gasteiger partial charge in [0, 0.05) is 18.2 Å². The minimum atomic E-state index is 0.148. The van der Waals surface area contributed by atoms with Crippen LogP contribution in [0, 0.1) is 11.8 Å². The Morgan fingerprint density at radius 2 is 2.35 bits per heavy atom. The van der Waals surface area contributed by atoms with Crippen LogP contribution in [0.4, 0.5) is 0 Å². The van der Waals surface area contributed by atoms with E-state index >= 15 is 0 Å². The van der Waals surface area contributed by atoms with Crippen molar-refractivity contribution in [3.05, 3.63) is 21.9 Å². The number of amides is 1. The summed E-state index contributed by atoms with van der Waals surface area (Å²) in [4.78, 5) is 15.6. The van der Waals surface area contributed by atoms with Crippen LogP contribution in [0.3, 0.4) is 0 Å². The second-order valence-corrected chi connectivity index (χ2v) is 6.00. The third kappa shape index (κ3) is 3.41. The fourth-order valence-corrected chi connectivity index (χ4v) is 3.52. The topological polar surface area (TPSA) is 46.3 Å². The molecule has 108 valence electrons. The quantitative estimate of drug-likeness (QED) is 0.851. The number of nitrogens with two attached hydrogens (primary N) is 1. The maximum absolute atomic E-state index is 12.8. The van der Waals surface area contributed by atoms with Gasteiger partial charge in [0.1, 0.15) is 4.88 Å². The lowest BCUT2D eigenvalue weighted by Crippen LogP contribution is -2.39. The second-order valence-electron chi connectivity index (χ2n) is 5.08. The van der Waals surface area contributed by atoms with E-state index in [0.717, 1.165) is 36.2 Å². The molecule has 2 N–H and O–H groups in total. The molecule has 1 unspecified atom stereocenters. The summed E-state index contributed by atoms with van der Waals surface area (Å²) >= 11 is 1.49. The van der Waals surface area contributed by atoms with Crippen LogP contribution in [0.25, 0.3) is 0 Å². The lowest BCUT2D eigenvalue weighted by atomic mass is 10.1. The van der Waals surface area contributed by atoms with E-state index in [1.165, 1.54) is 24.2 Å². The molecule has 4 heteroatoms. The third-order valence-corrected chi connectivity index (χ3v) is 4.70. The summed E-state index contributed by atoms with van der Waals surface area (Å²) in [6.07, 6.45) is 5.72. The Morgan fingerprint density at radius 1 is 1.50 bits per heavy atom. The Kier molecular flexibility index (Phi) is 5.63. The zero-order valence-electron chi connectivity index (χ0n) is 12.0. The number of nitrogens with zero attached hydrogens (tertiary/aromatic N) is 1. The lowest BCUT2D eigenvalue weighted by Gasteiger charge is -2.29. The average Bonchev–Trinajstić information content (AvgIpc) is 2.80. The molecule has 0 spiro atoms. The third-order valence-electron chi connectivity index (χ3n) is 3.79. The molecule has 1 aromatic heterocycles. The highest BCUT2D eigenvalue weighted by Crippen LogP contribution is 2.25. The number of rotatable bonds is 2. The molecule has 1 saturated heterocycles. The molecule has 0 aliphatic carbocycles. The predicted octanol–water partition coefficient (Wildman–Crippen LogP) is 2.85. The largest absolute Gasteiger partial charge is 0.335 e. The maximum Gasteiger partial charge on any atom is 0.265 e. The van der Waals surface area contributed by atoms with Crippen LogP contribution in [0.2, 0.25) is 0 Å². The van der Waals surface area contributed by atoms with Gasteiger partial charge in [-0.25, -0.2) is 0 Å². The Morgan fingerprint density at radius 3 is 3.10 bits per heavy atom. The van der Waals surface area contributed by atoms with Gasteiger partial charge in [0.05, 0.1) is 6.54 Å². The number of carbonyl (C=O) groups excluding carboxylic acids is 1. The predicted molar refractivity (Wildman–Crippen MR) is 83.8 cm³/mol. The fraction of sp³-hybridized carbons (Fsp3) is 0.562. The van der Waals surface area contributed by atoms with Crippen LogP contribution >= 0.6 is 11.3 Å². The number of likely N-dealkylation sites (tertiary alicyclic amines) is 1. The van der Waals surface area contributed by atoms with E-state index in [1.54, 1.807) is 0 Å². The monoisotopic (exact) mass is 290 g/mol. The van der Waals surface area contributed by atoms with Gasteiger partial charge >= 0.3 is 0 Å². The summed E-state index contributed by atoms with van der Waals surface area (Å²) < 4.78 is 0. The zero-order valence-corrected chi connectivity index (χ0v) is 12.8. The van der Waals surface area contributed by atoms with Gasteiger partial charge in [0.15, 0.2) is 0 Å². The van der Waals surface area contributed by atoms with E-state index in [9.17, 15) is 4.79 Å². The molecule has 0 radical (unpaired) electrons. The Labute approximate surface area is 125 Å². The lowest BCUT2D eigenvalue weighted by molar-refractivity contribution is 0.0683. The molecule has 1 aliphatic heterocycles. The van der Waals surface area contributed by atoms with Crippen molar-refractivity contribution in [2.24, 2.45) is 5.73 Å². The Balaban J connectivity index is 2.22. The fourth-order valence-electron chi connectivity index (χ4n) is 2.72. The highest BCUT2D eigenvalue weighted by Gasteiger charge is 2.26. The highest BCUT2D eigenvalue weighted by molar-refractivity contribution is 7.12. The van der Waals surface area contributed by atoms with Crippen molar-refractivity contribution in [1.82, 2.24) is 4.90 Å². The molecule has 1 atom stereocenters. The summed E-state index contributed by atoms with van der Waals surface area (Å²) in [7, 11) is 0. The highest BCUT2D eigenvalue weighted by atomic mass is 32.1.